The molecular weight excluding hydrogens is 1150 g/mol. The standard InChI is InChI=1S/C45H76O38/c46-1-12-20(54)21(55)30(64)42(76-12)81-35-14(6-72-39-27(61)17(51)9(48)3-69-39)78-44(32(66)24(35)58)83-37-16(8-74-41-29(63)19(53)11(50)5-71-41)79-45(33(67)25(37)59)82-36-15(7-73-40-28(62)18(52)10(49)4-70-40)77-43(31(65)23(36)57)80-34-13(2-47)75-38(68)26(60)22(34)56/h9-68H,1-8H2/t9-,10-,11-,12-,13-,14-,15-,16-,17+,18+,19+,20-,21+,22-,23-,24-,25-,26-,27-,28-,29-,30-,31-,32-,33-,34-,35-,36-,37-,38-,39-,40-,41-,42+,43+,44+,45+/m1/s1. The molecule has 0 radical (unpaired) electrons. The molecule has 0 unspecified atom stereocenters. The molecule has 0 aromatic heterocycles. The molecule has 8 aliphatic rings. The van der Waals surface area contributed by atoms with Crippen molar-refractivity contribution in [1.82, 2.24) is 0 Å². The minimum Gasteiger partial charge on any atom is -0.394 e. The van der Waals surface area contributed by atoms with E-state index in [-0.39, 0.29) is 0 Å². The highest BCUT2D eigenvalue weighted by atomic mass is 16.8. The van der Waals surface area contributed by atoms with Crippen molar-refractivity contribution in [3.05, 3.63) is 0 Å². The van der Waals surface area contributed by atoms with E-state index in [1.54, 1.807) is 0 Å². The van der Waals surface area contributed by atoms with E-state index in [0.717, 1.165) is 0 Å². The molecule has 0 bridgehead atoms. The second-order valence-corrected chi connectivity index (χ2v) is 21.2. The van der Waals surface area contributed by atoms with Crippen LogP contribution in [0.2, 0.25) is 0 Å². The van der Waals surface area contributed by atoms with Gasteiger partial charge in [0.15, 0.2) is 50.3 Å². The fourth-order valence-corrected chi connectivity index (χ4v) is 10.3. The summed E-state index contributed by atoms with van der Waals surface area (Å²) in [5, 5.41) is 246. The lowest BCUT2D eigenvalue weighted by atomic mass is 9.95. The zero-order valence-corrected chi connectivity index (χ0v) is 43.4. The van der Waals surface area contributed by atoms with E-state index in [4.69, 9.17) is 71.1 Å². The molecule has 83 heavy (non-hydrogen) atoms. The fourth-order valence-electron chi connectivity index (χ4n) is 10.3. The Balaban J connectivity index is 1.06. The van der Waals surface area contributed by atoms with Gasteiger partial charge in [0.05, 0.1) is 52.9 Å². The van der Waals surface area contributed by atoms with Gasteiger partial charge in [-0.25, -0.2) is 0 Å². The molecule has 38 nitrogen and oxygen atoms in total. The second kappa shape index (κ2) is 29.0. The van der Waals surface area contributed by atoms with E-state index >= 15 is 0 Å². The Morgan fingerprint density at radius 2 is 0.518 bits per heavy atom. The van der Waals surface area contributed by atoms with Crippen LogP contribution in [0.3, 0.4) is 0 Å². The number of aliphatic hydroxyl groups excluding tert-OH is 23. The SMILES string of the molecule is OC[C@H]1O[C@@H](O[C@H]2[C@H](O)[C@@H](O)[C@H](O[C@H]3[C@H](O)[C@@H](O)[C@H](O[C@H]4[C@H](O)[C@@H](O)[C@H](O[C@H]5[C@H](O)[C@@H](O)[C@H](O)O[C@@H]5CO)O[C@@H]4CO[C@H]4OC[C@@H](O)[C@H](O)[C@H]4O)O[C@@H]3CO[C@H]3OC[C@@H](O)[C@H](O)[C@H]3O)O[C@@H]2CO[C@H]2OC[C@@H](O)[C@H](O)[C@H]2O)[C@H](O)[C@@H](O)[C@@H]1O. The molecule has 8 saturated heterocycles. The van der Waals surface area contributed by atoms with Crippen LogP contribution < -0.4 is 0 Å². The van der Waals surface area contributed by atoms with E-state index in [2.05, 4.69) is 0 Å². The molecule has 0 amide bonds. The van der Waals surface area contributed by atoms with Gasteiger partial charge in [0.1, 0.15) is 177 Å². The van der Waals surface area contributed by atoms with E-state index in [1.165, 1.54) is 0 Å². The molecule has 37 atom stereocenters. The molecule has 0 saturated carbocycles. The third-order valence-electron chi connectivity index (χ3n) is 15.4. The lowest BCUT2D eigenvalue weighted by molar-refractivity contribution is -0.398. The Labute approximate surface area is 468 Å². The summed E-state index contributed by atoms with van der Waals surface area (Å²) in [6, 6.07) is 0. The van der Waals surface area contributed by atoms with Crippen LogP contribution >= 0.6 is 0 Å². The second-order valence-electron chi connectivity index (χ2n) is 21.2. The van der Waals surface area contributed by atoms with Crippen molar-refractivity contribution in [3.8, 4) is 0 Å². The van der Waals surface area contributed by atoms with Crippen LogP contribution in [0.15, 0.2) is 0 Å². The smallest absolute Gasteiger partial charge is 0.187 e. The van der Waals surface area contributed by atoms with Gasteiger partial charge in [0.2, 0.25) is 0 Å². The molecule has 8 heterocycles. The third kappa shape index (κ3) is 14.6. The first-order valence-electron chi connectivity index (χ1n) is 26.4. The van der Waals surface area contributed by atoms with Crippen LogP contribution in [0.25, 0.3) is 0 Å². The largest absolute Gasteiger partial charge is 0.394 e. The van der Waals surface area contributed by atoms with Crippen molar-refractivity contribution >= 4 is 0 Å². The first kappa shape index (κ1) is 67.4. The first-order chi connectivity index (χ1) is 39.3. The highest BCUT2D eigenvalue weighted by Gasteiger charge is 2.58. The molecule has 0 spiro atoms. The zero-order valence-electron chi connectivity index (χ0n) is 43.4. The maximum Gasteiger partial charge on any atom is 0.187 e. The van der Waals surface area contributed by atoms with Gasteiger partial charge in [0, 0.05) is 0 Å². The van der Waals surface area contributed by atoms with Crippen molar-refractivity contribution in [2.75, 3.05) is 52.9 Å². The summed E-state index contributed by atoms with van der Waals surface area (Å²) in [6.07, 6.45) is -72.5. The Morgan fingerprint density at radius 1 is 0.253 bits per heavy atom. The van der Waals surface area contributed by atoms with Crippen molar-refractivity contribution in [2.45, 2.75) is 227 Å². The van der Waals surface area contributed by atoms with Gasteiger partial charge < -0.3 is 189 Å². The van der Waals surface area contributed by atoms with Crippen LogP contribution in [0.4, 0.5) is 0 Å². The van der Waals surface area contributed by atoms with Gasteiger partial charge >= 0.3 is 0 Å². The molecule has 0 aliphatic carbocycles. The summed E-state index contributed by atoms with van der Waals surface area (Å²) in [5.74, 6) is 0. The van der Waals surface area contributed by atoms with Crippen LogP contribution in [-0.2, 0) is 71.1 Å². The van der Waals surface area contributed by atoms with Crippen molar-refractivity contribution < 1.29 is 189 Å². The minimum absolute atomic E-state index is 0.566. The predicted octanol–water partition coefficient (Wildman–Crippen LogP) is -16.5. The van der Waals surface area contributed by atoms with Crippen LogP contribution in [-0.4, -0.2) is 398 Å². The minimum atomic E-state index is -2.39. The maximum atomic E-state index is 12.0. The lowest BCUT2D eigenvalue weighted by Gasteiger charge is -2.50. The number of ether oxygens (including phenoxy) is 15. The topological polar surface area (TPSA) is 604 Å². The number of rotatable bonds is 19. The molecule has 8 rings (SSSR count). The average molecular weight is 1230 g/mol. The monoisotopic (exact) mass is 1220 g/mol. The van der Waals surface area contributed by atoms with E-state index < -0.39 is 280 Å². The summed E-state index contributed by atoms with van der Waals surface area (Å²) in [4.78, 5) is 0. The van der Waals surface area contributed by atoms with Gasteiger partial charge in [-0.15, -0.1) is 0 Å². The molecule has 8 aliphatic heterocycles. The fraction of sp³-hybridized carbons (Fsp3) is 1.00. The van der Waals surface area contributed by atoms with Gasteiger partial charge in [-0.2, -0.15) is 0 Å². The normalized spacial score (nSPS) is 53.9. The highest BCUT2D eigenvalue weighted by Crippen LogP contribution is 2.37. The molecule has 0 aromatic rings. The average Bonchev–Trinajstić information content (AvgIpc) is 3.50. The van der Waals surface area contributed by atoms with Crippen LogP contribution in [0.1, 0.15) is 0 Å². The summed E-state index contributed by atoms with van der Waals surface area (Å²) < 4.78 is 84.8. The Morgan fingerprint density at radius 3 is 0.831 bits per heavy atom. The summed E-state index contributed by atoms with van der Waals surface area (Å²) >= 11 is 0. The van der Waals surface area contributed by atoms with Gasteiger partial charge in [0.25, 0.3) is 0 Å². The summed E-state index contributed by atoms with van der Waals surface area (Å²) in [7, 11) is 0. The molecule has 484 valence electrons. The first-order valence-corrected chi connectivity index (χ1v) is 26.4. The Bertz CT molecular complexity index is 1970. The van der Waals surface area contributed by atoms with Crippen molar-refractivity contribution in [2.24, 2.45) is 0 Å². The van der Waals surface area contributed by atoms with Crippen LogP contribution in [0, 0.1) is 0 Å². The maximum absolute atomic E-state index is 12.0. The Hall–Kier alpha value is -1.52. The van der Waals surface area contributed by atoms with E-state index in [9.17, 15) is 117 Å². The molecule has 0 aromatic carbocycles. The Kier molecular flexibility index (Phi) is 23.5. The van der Waals surface area contributed by atoms with Gasteiger partial charge in [-0.1, -0.05) is 0 Å². The predicted molar refractivity (Wildman–Crippen MR) is 246 cm³/mol. The van der Waals surface area contributed by atoms with Gasteiger partial charge in [-0.05, 0) is 0 Å². The van der Waals surface area contributed by atoms with Crippen molar-refractivity contribution in [3.63, 3.8) is 0 Å². The van der Waals surface area contributed by atoms with E-state index in [1.807, 2.05) is 0 Å². The molecular formula is C45H76O38. The van der Waals surface area contributed by atoms with Crippen molar-refractivity contribution in [1.29, 1.82) is 0 Å². The van der Waals surface area contributed by atoms with Crippen LogP contribution in [0.5, 0.6) is 0 Å². The van der Waals surface area contributed by atoms with E-state index in [0.29, 0.717) is 0 Å². The lowest BCUT2D eigenvalue weighted by Crippen LogP contribution is -2.68. The highest BCUT2D eigenvalue weighted by molar-refractivity contribution is 5.00. The third-order valence-corrected chi connectivity index (χ3v) is 15.4. The number of hydrogen-bond donors (Lipinski definition) is 23. The molecule has 8 fully saturated rings. The summed E-state index contributed by atoms with van der Waals surface area (Å²) in [6.45, 7) is -6.37. The molecule has 23 N–H and O–H groups in total. The van der Waals surface area contributed by atoms with Gasteiger partial charge in [-0.3, -0.25) is 0 Å². The number of hydrogen-bond acceptors (Lipinski definition) is 38. The summed E-state index contributed by atoms with van der Waals surface area (Å²) in [5.41, 5.74) is 0. The molecule has 38 heteroatoms. The quantitative estimate of drug-likeness (QED) is 0.0571. The zero-order chi connectivity index (χ0) is 60.6. The number of aliphatic hydroxyl groups is 23.